The lowest BCUT2D eigenvalue weighted by Gasteiger charge is -2.43. The lowest BCUT2D eigenvalue weighted by Crippen LogP contribution is -2.56. The average Bonchev–Trinajstić information content (AvgIpc) is 3.87. The number of piperazine rings is 1. The number of pyridine rings is 1. The quantitative estimate of drug-likeness (QED) is 0.279. The Kier molecular flexibility index (Phi) is 7.17. The lowest BCUT2D eigenvalue weighted by molar-refractivity contribution is 0.0314. The molecule has 3 fully saturated rings. The first-order valence-corrected chi connectivity index (χ1v) is 15.4. The van der Waals surface area contributed by atoms with Crippen LogP contribution < -0.4 is 4.90 Å². The summed E-state index contributed by atoms with van der Waals surface area (Å²) in [6.07, 6.45) is 4.38. The van der Waals surface area contributed by atoms with Crippen LogP contribution in [-0.2, 0) is 0 Å². The summed E-state index contributed by atoms with van der Waals surface area (Å²) >= 11 is 0. The van der Waals surface area contributed by atoms with E-state index >= 15 is 0 Å². The van der Waals surface area contributed by atoms with Crippen molar-refractivity contribution >= 4 is 22.7 Å². The number of carbonyl (C=O) groups excluding carboxylic acids is 1. The van der Waals surface area contributed by atoms with Crippen molar-refractivity contribution < 1.29 is 23.1 Å². The summed E-state index contributed by atoms with van der Waals surface area (Å²) in [4.78, 5) is 29.4. The first-order valence-electron chi connectivity index (χ1n) is 15.4. The molecule has 12 nitrogen and oxygen atoms in total. The van der Waals surface area contributed by atoms with Gasteiger partial charge in [0.2, 0.25) is 5.89 Å². The van der Waals surface area contributed by atoms with Gasteiger partial charge in [-0.25, -0.2) is 4.98 Å². The van der Waals surface area contributed by atoms with Gasteiger partial charge in [0.1, 0.15) is 17.4 Å². The number of fused-ring (bicyclic) bond motifs is 3. The zero-order valence-electron chi connectivity index (χ0n) is 24.7. The first kappa shape index (κ1) is 28.6. The van der Waals surface area contributed by atoms with Crippen molar-refractivity contribution in [3.05, 3.63) is 83.9 Å². The summed E-state index contributed by atoms with van der Waals surface area (Å²) in [7, 11) is 0. The van der Waals surface area contributed by atoms with E-state index in [2.05, 4.69) is 25.3 Å². The molecule has 3 saturated heterocycles. The number of likely N-dealkylation sites (tertiary alicyclic amines) is 1. The van der Waals surface area contributed by atoms with Crippen LogP contribution in [0, 0.1) is 0 Å². The Morgan fingerprint density at radius 1 is 1.00 bits per heavy atom. The van der Waals surface area contributed by atoms with Gasteiger partial charge in [0, 0.05) is 49.2 Å². The highest BCUT2D eigenvalue weighted by Gasteiger charge is 2.46. The van der Waals surface area contributed by atoms with Crippen LogP contribution in [0.5, 0.6) is 0 Å². The van der Waals surface area contributed by atoms with Crippen LogP contribution in [0.25, 0.3) is 22.6 Å². The van der Waals surface area contributed by atoms with Crippen LogP contribution in [0.1, 0.15) is 60.2 Å². The third kappa shape index (κ3) is 5.07. The van der Waals surface area contributed by atoms with E-state index in [-0.39, 0.29) is 23.8 Å². The second-order valence-corrected chi connectivity index (χ2v) is 12.0. The van der Waals surface area contributed by atoms with Gasteiger partial charge in [-0.2, -0.15) is 8.78 Å². The minimum atomic E-state index is -2.89. The van der Waals surface area contributed by atoms with E-state index in [9.17, 15) is 18.7 Å². The molecule has 0 radical (unpaired) electrons. The van der Waals surface area contributed by atoms with E-state index in [1.54, 1.807) is 18.3 Å². The SMILES string of the molecule is O=C(c1cc(-c2nc3cc(N4CCCC4O)ccc3o2)ccn1)N1C2CCC1CN(C(c1ccccc1)c1nnn(C(F)F)n1)C2. The van der Waals surface area contributed by atoms with Crippen LogP contribution in [0.4, 0.5) is 14.5 Å². The smallest absolute Gasteiger partial charge is 0.350 e. The van der Waals surface area contributed by atoms with E-state index in [1.165, 1.54) is 0 Å². The zero-order valence-corrected chi connectivity index (χ0v) is 24.7. The fourth-order valence-corrected chi connectivity index (χ4v) is 7.15. The van der Waals surface area contributed by atoms with E-state index in [0.29, 0.717) is 46.1 Å². The van der Waals surface area contributed by atoms with Gasteiger partial charge in [0.05, 0.1) is 6.04 Å². The summed E-state index contributed by atoms with van der Waals surface area (Å²) < 4.78 is 32.7. The number of oxazole rings is 1. The van der Waals surface area contributed by atoms with Gasteiger partial charge >= 0.3 is 6.55 Å². The Morgan fingerprint density at radius 3 is 2.52 bits per heavy atom. The number of hydrogen-bond acceptors (Lipinski definition) is 10. The molecule has 2 aromatic carbocycles. The van der Waals surface area contributed by atoms with Crippen LogP contribution in [0.2, 0.25) is 0 Å². The number of benzene rings is 2. The van der Waals surface area contributed by atoms with Gasteiger partial charge in [-0.05, 0) is 66.8 Å². The Morgan fingerprint density at radius 2 is 1.80 bits per heavy atom. The molecule has 0 saturated carbocycles. The molecule has 0 aliphatic carbocycles. The summed E-state index contributed by atoms with van der Waals surface area (Å²) in [6.45, 7) is -1.07. The predicted molar refractivity (Wildman–Crippen MR) is 162 cm³/mol. The molecule has 1 amide bonds. The number of amides is 1. The Hall–Kier alpha value is -4.82. The molecule has 4 atom stereocenters. The summed E-state index contributed by atoms with van der Waals surface area (Å²) in [5, 5.41) is 21.8. The number of aliphatic hydroxyl groups excluding tert-OH is 1. The van der Waals surface area contributed by atoms with Crippen molar-refractivity contribution in [2.75, 3.05) is 24.5 Å². The van der Waals surface area contributed by atoms with Gasteiger partial charge in [0.15, 0.2) is 11.4 Å². The Bertz CT molecular complexity index is 1870. The molecule has 3 aromatic heterocycles. The number of aliphatic hydroxyl groups is 1. The maximum absolute atomic E-state index is 14.0. The first-order chi connectivity index (χ1) is 22.4. The minimum absolute atomic E-state index is 0.100. The highest BCUT2D eigenvalue weighted by atomic mass is 19.3. The topological polar surface area (TPSA) is 130 Å². The molecule has 1 N–H and O–H groups in total. The molecule has 8 rings (SSSR count). The fraction of sp³-hybridized carbons (Fsp3) is 0.375. The standard InChI is InChI=1S/C32H31F2N9O3/c33-32(34)43-38-29(37-39-43)28(19-5-2-1-3-6-19)40-17-22-8-9-23(18-40)42(22)31(45)25-15-20(12-13-35-25)30-36-24-16-21(10-11-26(24)46-30)41-14-4-7-27(41)44/h1-3,5-6,10-13,15-16,22-23,27-28,32,44H,4,7-9,14,17-18H2. The molecule has 0 spiro atoms. The number of rotatable bonds is 7. The molecular weight excluding hydrogens is 596 g/mol. The maximum Gasteiger partial charge on any atom is 0.350 e. The Labute approximate surface area is 262 Å². The third-order valence-corrected chi connectivity index (χ3v) is 9.24. The number of alkyl halides is 2. The molecule has 14 heteroatoms. The second kappa shape index (κ2) is 11.5. The largest absolute Gasteiger partial charge is 0.436 e. The number of carbonyl (C=O) groups is 1. The molecule has 2 bridgehead atoms. The highest BCUT2D eigenvalue weighted by Crippen LogP contribution is 2.38. The third-order valence-electron chi connectivity index (χ3n) is 9.24. The van der Waals surface area contributed by atoms with Crippen molar-refractivity contribution in [2.45, 2.75) is 56.6 Å². The summed E-state index contributed by atoms with van der Waals surface area (Å²) in [5.41, 5.74) is 3.98. The van der Waals surface area contributed by atoms with Crippen molar-refractivity contribution in [1.29, 1.82) is 0 Å². The number of halogens is 2. The van der Waals surface area contributed by atoms with E-state index in [4.69, 9.17) is 9.40 Å². The van der Waals surface area contributed by atoms with Crippen LogP contribution in [0.3, 0.4) is 0 Å². The average molecular weight is 628 g/mol. The fourth-order valence-electron chi connectivity index (χ4n) is 7.15. The molecule has 3 aliphatic rings. The normalized spacial score (nSPS) is 22.3. The number of nitrogens with zero attached hydrogens (tertiary/aromatic N) is 9. The van der Waals surface area contributed by atoms with Crippen molar-refractivity contribution in [2.24, 2.45) is 0 Å². The van der Waals surface area contributed by atoms with Gasteiger partial charge in [-0.15, -0.1) is 10.2 Å². The molecule has 5 aromatic rings. The summed E-state index contributed by atoms with van der Waals surface area (Å²) in [5.74, 6) is 0.406. The van der Waals surface area contributed by atoms with Gasteiger partial charge in [-0.1, -0.05) is 35.1 Å². The van der Waals surface area contributed by atoms with E-state index < -0.39 is 18.8 Å². The molecule has 3 aliphatic heterocycles. The number of hydrogen-bond donors (Lipinski definition) is 1. The van der Waals surface area contributed by atoms with Crippen molar-refractivity contribution in [1.82, 2.24) is 40.0 Å². The van der Waals surface area contributed by atoms with E-state index in [0.717, 1.165) is 43.5 Å². The molecule has 236 valence electrons. The maximum atomic E-state index is 14.0. The van der Waals surface area contributed by atoms with Crippen LogP contribution in [-0.4, -0.2) is 88.9 Å². The summed E-state index contributed by atoms with van der Waals surface area (Å²) in [6, 6.07) is 18.0. The lowest BCUT2D eigenvalue weighted by atomic mass is 10.0. The van der Waals surface area contributed by atoms with Gasteiger partial charge in [-0.3, -0.25) is 14.7 Å². The van der Waals surface area contributed by atoms with Gasteiger partial charge < -0.3 is 19.3 Å². The highest BCUT2D eigenvalue weighted by molar-refractivity contribution is 5.94. The van der Waals surface area contributed by atoms with Crippen LogP contribution in [0.15, 0.2) is 71.3 Å². The predicted octanol–water partition coefficient (Wildman–Crippen LogP) is 4.27. The number of aromatic nitrogens is 6. The minimum Gasteiger partial charge on any atom is -0.436 e. The monoisotopic (exact) mass is 627 g/mol. The second-order valence-electron chi connectivity index (χ2n) is 12.0. The molecular formula is C32H31F2N9O3. The Balaban J connectivity index is 1.03. The van der Waals surface area contributed by atoms with Crippen LogP contribution >= 0.6 is 0 Å². The van der Waals surface area contributed by atoms with Crippen molar-refractivity contribution in [3.8, 4) is 11.5 Å². The number of tetrazole rings is 1. The van der Waals surface area contributed by atoms with Gasteiger partial charge in [0.25, 0.3) is 5.91 Å². The number of anilines is 1. The molecule has 6 heterocycles. The molecule has 4 unspecified atom stereocenters. The van der Waals surface area contributed by atoms with Crippen molar-refractivity contribution in [3.63, 3.8) is 0 Å². The zero-order chi connectivity index (χ0) is 31.4. The molecule has 46 heavy (non-hydrogen) atoms. The van der Waals surface area contributed by atoms with E-state index in [1.807, 2.05) is 58.3 Å².